The van der Waals surface area contributed by atoms with Crippen molar-refractivity contribution in [2.45, 2.75) is 69.6 Å². The molecule has 1 saturated heterocycles. The van der Waals surface area contributed by atoms with Gasteiger partial charge in [-0.05, 0) is 64.6 Å². The van der Waals surface area contributed by atoms with Crippen LogP contribution >= 0.6 is 0 Å². The van der Waals surface area contributed by atoms with Crippen LogP contribution in [0.5, 0.6) is 0 Å². The SMILES string of the molecule is CN1CCC(N(C)C2CC(O)CCC23CCCC3)C1. The summed E-state index contributed by atoms with van der Waals surface area (Å²) in [5.41, 5.74) is 0.537. The fourth-order valence-corrected chi connectivity index (χ4v) is 5.01. The molecule has 2 saturated carbocycles. The van der Waals surface area contributed by atoms with Gasteiger partial charge in [0.2, 0.25) is 0 Å². The number of hydrogen-bond acceptors (Lipinski definition) is 3. The molecule has 110 valence electrons. The maximum Gasteiger partial charge on any atom is 0.0555 e. The van der Waals surface area contributed by atoms with Gasteiger partial charge in [-0.15, -0.1) is 0 Å². The predicted octanol–water partition coefficient (Wildman–Crippen LogP) is 2.10. The Bertz CT molecular complexity index is 314. The van der Waals surface area contributed by atoms with Crippen LogP contribution in [0.3, 0.4) is 0 Å². The van der Waals surface area contributed by atoms with Gasteiger partial charge in [0.15, 0.2) is 0 Å². The summed E-state index contributed by atoms with van der Waals surface area (Å²) in [7, 11) is 4.56. The van der Waals surface area contributed by atoms with Crippen molar-refractivity contribution < 1.29 is 5.11 Å². The Labute approximate surface area is 118 Å². The van der Waals surface area contributed by atoms with Crippen molar-refractivity contribution in [3.63, 3.8) is 0 Å². The van der Waals surface area contributed by atoms with Crippen LogP contribution in [0.25, 0.3) is 0 Å². The average Bonchev–Trinajstić information content (AvgIpc) is 3.02. The van der Waals surface area contributed by atoms with Gasteiger partial charge >= 0.3 is 0 Å². The number of likely N-dealkylation sites (tertiary alicyclic amines) is 1. The number of aliphatic hydroxyl groups is 1. The number of hydrogen-bond donors (Lipinski definition) is 1. The first kappa shape index (κ1) is 13.8. The minimum absolute atomic E-state index is 0.0576. The molecular weight excluding hydrogens is 236 g/mol. The summed E-state index contributed by atoms with van der Waals surface area (Å²) < 4.78 is 0. The number of rotatable bonds is 2. The topological polar surface area (TPSA) is 26.7 Å². The van der Waals surface area contributed by atoms with E-state index in [0.29, 0.717) is 17.5 Å². The third-order valence-electron chi connectivity index (χ3n) is 6.21. The van der Waals surface area contributed by atoms with E-state index in [0.717, 1.165) is 12.8 Å². The van der Waals surface area contributed by atoms with Crippen LogP contribution in [-0.4, -0.2) is 60.3 Å². The molecule has 3 rings (SSSR count). The molecule has 3 fully saturated rings. The van der Waals surface area contributed by atoms with Crippen LogP contribution < -0.4 is 0 Å². The molecule has 1 N–H and O–H groups in total. The van der Waals surface area contributed by atoms with Crippen LogP contribution in [-0.2, 0) is 0 Å². The summed E-state index contributed by atoms with van der Waals surface area (Å²) in [6.07, 6.45) is 10.2. The Morgan fingerprint density at radius 1 is 1.16 bits per heavy atom. The second-order valence-electron chi connectivity index (χ2n) is 7.38. The highest BCUT2D eigenvalue weighted by atomic mass is 16.3. The second kappa shape index (κ2) is 5.34. The van der Waals surface area contributed by atoms with E-state index in [-0.39, 0.29) is 6.10 Å². The molecule has 3 heteroatoms. The van der Waals surface area contributed by atoms with E-state index >= 15 is 0 Å². The van der Waals surface area contributed by atoms with E-state index < -0.39 is 0 Å². The Morgan fingerprint density at radius 2 is 1.89 bits per heavy atom. The lowest BCUT2D eigenvalue weighted by molar-refractivity contribution is -0.0302. The van der Waals surface area contributed by atoms with Gasteiger partial charge in [-0.1, -0.05) is 12.8 Å². The lowest BCUT2D eigenvalue weighted by atomic mass is 9.67. The Balaban J connectivity index is 1.74. The summed E-state index contributed by atoms with van der Waals surface area (Å²) in [6.45, 7) is 2.44. The summed E-state index contributed by atoms with van der Waals surface area (Å²) in [5.74, 6) is 0. The van der Waals surface area contributed by atoms with Crippen molar-refractivity contribution in [3.05, 3.63) is 0 Å². The molecule has 3 atom stereocenters. The summed E-state index contributed by atoms with van der Waals surface area (Å²) in [6, 6.07) is 1.33. The van der Waals surface area contributed by atoms with Crippen LogP contribution in [0.15, 0.2) is 0 Å². The van der Waals surface area contributed by atoms with Gasteiger partial charge in [0.25, 0.3) is 0 Å². The quantitative estimate of drug-likeness (QED) is 0.829. The van der Waals surface area contributed by atoms with Gasteiger partial charge in [0.05, 0.1) is 6.10 Å². The van der Waals surface area contributed by atoms with Crippen LogP contribution in [0.4, 0.5) is 0 Å². The van der Waals surface area contributed by atoms with Crippen molar-refractivity contribution in [2.75, 3.05) is 27.2 Å². The standard InChI is InChI=1S/C16H30N2O/c1-17-10-6-13(12-17)18(2)15-11-14(19)5-9-16(15)7-3-4-8-16/h13-15,19H,3-12H2,1-2H3. The molecule has 0 radical (unpaired) electrons. The Kier molecular flexibility index (Phi) is 3.89. The molecule has 1 heterocycles. The first-order valence-electron chi connectivity index (χ1n) is 8.19. The van der Waals surface area contributed by atoms with E-state index in [1.54, 1.807) is 0 Å². The summed E-state index contributed by atoms with van der Waals surface area (Å²) >= 11 is 0. The first-order valence-corrected chi connectivity index (χ1v) is 8.19. The van der Waals surface area contributed by atoms with Crippen molar-refractivity contribution in [1.82, 2.24) is 9.80 Å². The highest BCUT2D eigenvalue weighted by molar-refractivity contribution is 5.01. The number of likely N-dealkylation sites (N-methyl/N-ethyl adjacent to an activating group) is 2. The first-order chi connectivity index (χ1) is 9.11. The molecule has 1 spiro atoms. The van der Waals surface area contributed by atoms with Gasteiger partial charge in [-0.3, -0.25) is 4.90 Å². The Hall–Kier alpha value is -0.120. The molecule has 0 amide bonds. The normalized spacial score (nSPS) is 39.5. The van der Waals surface area contributed by atoms with Crippen molar-refractivity contribution in [1.29, 1.82) is 0 Å². The maximum atomic E-state index is 10.1. The monoisotopic (exact) mass is 266 g/mol. The third kappa shape index (κ3) is 2.57. The number of aliphatic hydroxyl groups excluding tert-OH is 1. The zero-order valence-electron chi connectivity index (χ0n) is 12.6. The van der Waals surface area contributed by atoms with E-state index in [4.69, 9.17) is 0 Å². The van der Waals surface area contributed by atoms with Crippen molar-refractivity contribution in [3.8, 4) is 0 Å². The summed E-state index contributed by atoms with van der Waals surface area (Å²) in [4.78, 5) is 5.10. The fraction of sp³-hybridized carbons (Fsp3) is 1.00. The van der Waals surface area contributed by atoms with Gasteiger partial charge in [0, 0.05) is 18.6 Å². The maximum absolute atomic E-state index is 10.1. The molecule has 2 aliphatic carbocycles. The van der Waals surface area contributed by atoms with Gasteiger partial charge < -0.3 is 10.0 Å². The molecule has 19 heavy (non-hydrogen) atoms. The van der Waals surface area contributed by atoms with Gasteiger partial charge in [-0.25, -0.2) is 0 Å². The zero-order valence-corrected chi connectivity index (χ0v) is 12.6. The van der Waals surface area contributed by atoms with Gasteiger partial charge in [-0.2, -0.15) is 0 Å². The molecule has 3 aliphatic rings. The largest absolute Gasteiger partial charge is 0.393 e. The lowest BCUT2D eigenvalue weighted by Crippen LogP contribution is -2.53. The number of nitrogens with zero attached hydrogens (tertiary/aromatic N) is 2. The van der Waals surface area contributed by atoms with Crippen LogP contribution in [0, 0.1) is 5.41 Å². The molecule has 1 aliphatic heterocycles. The highest BCUT2D eigenvalue weighted by Crippen LogP contribution is 2.51. The molecule has 3 nitrogen and oxygen atoms in total. The fourth-order valence-electron chi connectivity index (χ4n) is 5.01. The molecule has 0 aromatic heterocycles. The second-order valence-corrected chi connectivity index (χ2v) is 7.38. The highest BCUT2D eigenvalue weighted by Gasteiger charge is 2.47. The third-order valence-corrected chi connectivity index (χ3v) is 6.21. The van der Waals surface area contributed by atoms with E-state index in [2.05, 4.69) is 23.9 Å². The van der Waals surface area contributed by atoms with E-state index in [1.165, 1.54) is 51.6 Å². The van der Waals surface area contributed by atoms with Gasteiger partial charge in [0.1, 0.15) is 0 Å². The molecule has 3 unspecified atom stereocenters. The van der Waals surface area contributed by atoms with Crippen LogP contribution in [0.1, 0.15) is 51.4 Å². The van der Waals surface area contributed by atoms with Crippen molar-refractivity contribution >= 4 is 0 Å². The van der Waals surface area contributed by atoms with E-state index in [1.807, 2.05) is 0 Å². The smallest absolute Gasteiger partial charge is 0.0555 e. The minimum atomic E-state index is -0.0576. The average molecular weight is 266 g/mol. The minimum Gasteiger partial charge on any atom is -0.393 e. The van der Waals surface area contributed by atoms with Crippen molar-refractivity contribution in [2.24, 2.45) is 5.41 Å². The molecule has 0 bridgehead atoms. The predicted molar refractivity (Wildman–Crippen MR) is 78.2 cm³/mol. The van der Waals surface area contributed by atoms with Crippen LogP contribution in [0.2, 0.25) is 0 Å². The molecule has 0 aromatic carbocycles. The van der Waals surface area contributed by atoms with E-state index in [9.17, 15) is 5.11 Å². The lowest BCUT2D eigenvalue weighted by Gasteiger charge is -2.49. The molecular formula is C16H30N2O. The Morgan fingerprint density at radius 3 is 2.53 bits per heavy atom. The molecule has 0 aromatic rings. The zero-order chi connectivity index (χ0) is 13.5. The summed E-state index contributed by atoms with van der Waals surface area (Å²) in [5, 5.41) is 10.1.